The van der Waals surface area contributed by atoms with Gasteiger partial charge in [0.05, 0.1) is 13.2 Å². The van der Waals surface area contributed by atoms with Gasteiger partial charge in [-0.3, -0.25) is 4.98 Å². The molecule has 5 heteroatoms. The van der Waals surface area contributed by atoms with E-state index in [-0.39, 0.29) is 0 Å². The number of rotatable bonds is 1. The third-order valence-corrected chi connectivity index (χ3v) is 4.44. The van der Waals surface area contributed by atoms with Crippen LogP contribution in [0, 0.1) is 18.8 Å². The first-order valence-corrected chi connectivity index (χ1v) is 7.65. The number of nitrogens with zero attached hydrogens (tertiary/aromatic N) is 1. The molecule has 0 amide bonds. The Morgan fingerprint density at radius 2 is 1.91 bits per heavy atom. The Bertz CT molecular complexity index is 588. The smallest absolute Gasteiger partial charge is 0.168 e. The fraction of sp³-hybridized carbons (Fsp3) is 0.588. The Balaban J connectivity index is 1.67. The quantitative estimate of drug-likeness (QED) is 0.769. The Kier molecular flexibility index (Phi) is 4.20. The van der Waals surface area contributed by atoms with Crippen LogP contribution in [0.15, 0.2) is 18.3 Å². The minimum atomic E-state index is -1.09. The van der Waals surface area contributed by atoms with E-state index in [4.69, 9.17) is 9.47 Å². The van der Waals surface area contributed by atoms with E-state index in [1.54, 1.807) is 18.3 Å². The number of ether oxygens (including phenoxy) is 2. The van der Waals surface area contributed by atoms with Gasteiger partial charge >= 0.3 is 0 Å². The lowest BCUT2D eigenvalue weighted by molar-refractivity contribution is -0.195. The summed E-state index contributed by atoms with van der Waals surface area (Å²) in [7, 11) is 0. The number of hydrogen-bond acceptors (Lipinski definition) is 5. The highest BCUT2D eigenvalue weighted by Gasteiger charge is 2.44. The lowest BCUT2D eigenvalue weighted by Gasteiger charge is -2.37. The van der Waals surface area contributed by atoms with Gasteiger partial charge in [0.1, 0.15) is 11.7 Å². The molecule has 2 N–H and O–H groups in total. The van der Waals surface area contributed by atoms with Crippen molar-refractivity contribution in [2.45, 2.75) is 50.1 Å². The first kappa shape index (κ1) is 15.4. The molecule has 22 heavy (non-hydrogen) atoms. The Morgan fingerprint density at radius 1 is 1.23 bits per heavy atom. The predicted molar refractivity (Wildman–Crippen MR) is 79.8 cm³/mol. The summed E-state index contributed by atoms with van der Waals surface area (Å²) in [5.74, 6) is 5.09. The van der Waals surface area contributed by atoms with Gasteiger partial charge in [-0.2, -0.15) is 0 Å². The van der Waals surface area contributed by atoms with Gasteiger partial charge in [-0.1, -0.05) is 17.9 Å². The first-order chi connectivity index (χ1) is 10.5. The highest BCUT2D eigenvalue weighted by Crippen LogP contribution is 2.40. The monoisotopic (exact) mass is 303 g/mol. The summed E-state index contributed by atoms with van der Waals surface area (Å²) in [6.45, 7) is 3.06. The summed E-state index contributed by atoms with van der Waals surface area (Å²) >= 11 is 0. The Morgan fingerprint density at radius 3 is 2.55 bits per heavy atom. The number of aliphatic hydroxyl groups is 2. The standard InChI is InChI=1S/C17H21NO4/c1-13-14(3-2-10-18-13)15(19)4-5-16(20)6-8-17(9-7-16)21-11-12-22-17/h2-3,10,15,19-20H,6-9,11-12H2,1H3. The van der Waals surface area contributed by atoms with Crippen molar-refractivity contribution >= 4 is 0 Å². The van der Waals surface area contributed by atoms with Crippen LogP contribution in [0.25, 0.3) is 0 Å². The molecular formula is C17H21NO4. The summed E-state index contributed by atoms with van der Waals surface area (Å²) in [4.78, 5) is 4.14. The average molecular weight is 303 g/mol. The molecule has 0 radical (unpaired) electrons. The van der Waals surface area contributed by atoms with Crippen molar-refractivity contribution in [3.05, 3.63) is 29.6 Å². The number of aryl methyl sites for hydroxylation is 1. The molecule has 1 saturated heterocycles. The molecule has 3 rings (SSSR count). The minimum absolute atomic E-state index is 0.485. The van der Waals surface area contributed by atoms with Crippen molar-refractivity contribution < 1.29 is 19.7 Å². The van der Waals surface area contributed by atoms with E-state index >= 15 is 0 Å². The zero-order valence-corrected chi connectivity index (χ0v) is 12.7. The maximum Gasteiger partial charge on any atom is 0.168 e. The summed E-state index contributed by atoms with van der Waals surface area (Å²) < 4.78 is 11.3. The highest BCUT2D eigenvalue weighted by molar-refractivity contribution is 5.29. The van der Waals surface area contributed by atoms with E-state index < -0.39 is 17.5 Å². The lowest BCUT2D eigenvalue weighted by Crippen LogP contribution is -2.42. The van der Waals surface area contributed by atoms with Crippen LogP contribution in [0.1, 0.15) is 43.0 Å². The molecule has 0 bridgehead atoms. The van der Waals surface area contributed by atoms with Crippen molar-refractivity contribution in [2.24, 2.45) is 0 Å². The molecule has 1 spiro atoms. The Labute approximate surface area is 130 Å². The molecule has 0 aromatic carbocycles. The first-order valence-electron chi connectivity index (χ1n) is 7.65. The SMILES string of the molecule is Cc1ncccc1C(O)C#CC1(O)CCC2(CC1)OCCO2. The van der Waals surface area contributed by atoms with Crippen molar-refractivity contribution in [1.29, 1.82) is 0 Å². The van der Waals surface area contributed by atoms with Crippen LogP contribution in [0.5, 0.6) is 0 Å². The number of aliphatic hydroxyl groups excluding tert-OH is 1. The average Bonchev–Trinajstić information content (AvgIpc) is 2.98. The normalized spacial score (nSPS) is 23.8. The second kappa shape index (κ2) is 5.98. The van der Waals surface area contributed by atoms with E-state index in [2.05, 4.69) is 16.8 Å². The molecule has 2 fully saturated rings. The van der Waals surface area contributed by atoms with Crippen LogP contribution >= 0.6 is 0 Å². The summed E-state index contributed by atoms with van der Waals surface area (Å²) in [6.07, 6.45) is 2.96. The van der Waals surface area contributed by atoms with Crippen LogP contribution in [-0.4, -0.2) is 39.8 Å². The molecule has 1 saturated carbocycles. The molecule has 5 nitrogen and oxygen atoms in total. The van der Waals surface area contributed by atoms with Gasteiger partial charge in [-0.25, -0.2) is 0 Å². The maximum absolute atomic E-state index is 10.6. The van der Waals surface area contributed by atoms with Crippen LogP contribution in [0.3, 0.4) is 0 Å². The number of aromatic nitrogens is 1. The van der Waals surface area contributed by atoms with Crippen LogP contribution < -0.4 is 0 Å². The fourth-order valence-corrected chi connectivity index (χ4v) is 3.02. The largest absolute Gasteiger partial charge is 0.378 e. The zero-order valence-electron chi connectivity index (χ0n) is 12.7. The number of hydrogen-bond donors (Lipinski definition) is 2. The molecule has 1 aliphatic carbocycles. The minimum Gasteiger partial charge on any atom is -0.378 e. The molecule has 1 aromatic rings. The molecule has 2 aliphatic rings. The highest BCUT2D eigenvalue weighted by atomic mass is 16.7. The second-order valence-electron chi connectivity index (χ2n) is 5.99. The van der Waals surface area contributed by atoms with Crippen LogP contribution in [-0.2, 0) is 9.47 Å². The van der Waals surface area contributed by atoms with Crippen molar-refractivity contribution in [1.82, 2.24) is 4.98 Å². The molecule has 2 heterocycles. The molecular weight excluding hydrogens is 282 g/mol. The third-order valence-electron chi connectivity index (χ3n) is 4.44. The van der Waals surface area contributed by atoms with Crippen LogP contribution in [0.2, 0.25) is 0 Å². The lowest BCUT2D eigenvalue weighted by atomic mass is 9.81. The fourth-order valence-electron chi connectivity index (χ4n) is 3.02. The molecule has 1 aromatic heterocycles. The van der Waals surface area contributed by atoms with Crippen molar-refractivity contribution in [2.75, 3.05) is 13.2 Å². The molecule has 1 unspecified atom stereocenters. The van der Waals surface area contributed by atoms with E-state index in [1.807, 2.05) is 6.92 Å². The van der Waals surface area contributed by atoms with E-state index in [1.165, 1.54) is 0 Å². The van der Waals surface area contributed by atoms with Gasteiger partial charge in [0, 0.05) is 30.3 Å². The molecule has 1 aliphatic heterocycles. The summed E-state index contributed by atoms with van der Waals surface area (Å²) in [5, 5.41) is 20.7. The van der Waals surface area contributed by atoms with E-state index in [9.17, 15) is 10.2 Å². The maximum atomic E-state index is 10.6. The van der Waals surface area contributed by atoms with E-state index in [0.717, 1.165) is 5.69 Å². The van der Waals surface area contributed by atoms with Gasteiger partial charge in [0.2, 0.25) is 0 Å². The zero-order chi connectivity index (χ0) is 15.6. The van der Waals surface area contributed by atoms with Gasteiger partial charge in [0.15, 0.2) is 5.79 Å². The van der Waals surface area contributed by atoms with Gasteiger partial charge in [-0.05, 0) is 25.8 Å². The Hall–Kier alpha value is -1.45. The third kappa shape index (κ3) is 3.16. The number of pyridine rings is 1. The summed E-state index contributed by atoms with van der Waals surface area (Å²) in [5.41, 5.74) is 0.331. The molecule has 1 atom stereocenters. The van der Waals surface area contributed by atoms with Gasteiger partial charge in [0.25, 0.3) is 0 Å². The van der Waals surface area contributed by atoms with Crippen molar-refractivity contribution in [3.8, 4) is 11.8 Å². The molecule has 118 valence electrons. The topological polar surface area (TPSA) is 71.8 Å². The van der Waals surface area contributed by atoms with Gasteiger partial charge < -0.3 is 19.7 Å². The van der Waals surface area contributed by atoms with Crippen molar-refractivity contribution in [3.63, 3.8) is 0 Å². The van der Waals surface area contributed by atoms with Crippen LogP contribution in [0.4, 0.5) is 0 Å². The van der Waals surface area contributed by atoms with E-state index in [0.29, 0.717) is 44.5 Å². The predicted octanol–water partition coefficient (Wildman–Crippen LogP) is 1.48. The van der Waals surface area contributed by atoms with Gasteiger partial charge in [-0.15, -0.1) is 0 Å². The summed E-state index contributed by atoms with van der Waals surface area (Å²) in [6, 6.07) is 3.56. The second-order valence-corrected chi connectivity index (χ2v) is 5.99.